The van der Waals surface area contributed by atoms with Crippen molar-refractivity contribution in [3.63, 3.8) is 0 Å². The molecule has 26 heavy (non-hydrogen) atoms. The van der Waals surface area contributed by atoms with Crippen LogP contribution in [0, 0.1) is 27.7 Å². The van der Waals surface area contributed by atoms with Gasteiger partial charge in [-0.2, -0.15) is 0 Å². The molecule has 0 radical (unpaired) electrons. The number of thiophene rings is 1. The monoisotopic (exact) mass is 386 g/mol. The average Bonchev–Trinajstić information content (AvgIpc) is 3.13. The minimum absolute atomic E-state index is 0.204. The molecule has 3 rings (SSSR count). The van der Waals surface area contributed by atoms with Crippen molar-refractivity contribution in [2.75, 3.05) is 0 Å². The molecule has 0 bridgehead atoms. The Morgan fingerprint density at radius 3 is 2.35 bits per heavy atom. The molecule has 0 saturated heterocycles. The zero-order valence-corrected chi connectivity index (χ0v) is 17.0. The van der Waals surface area contributed by atoms with Gasteiger partial charge in [-0.1, -0.05) is 18.2 Å². The molecule has 0 fully saturated rings. The lowest BCUT2D eigenvalue weighted by Gasteiger charge is -2.16. The van der Waals surface area contributed by atoms with E-state index in [1.807, 2.05) is 63.4 Å². The Balaban J connectivity index is 1.94. The zero-order valence-electron chi connectivity index (χ0n) is 15.3. The number of benzene rings is 1. The zero-order chi connectivity index (χ0) is 18.9. The highest BCUT2D eigenvalue weighted by molar-refractivity contribution is 7.89. The first kappa shape index (κ1) is 18.8. The van der Waals surface area contributed by atoms with Crippen molar-refractivity contribution >= 4 is 21.4 Å². The SMILES string of the molecule is Cc1cc(C)c(C)c(S(=O)(=O)NCc2cccnc2-c2cccs2)c1C. The van der Waals surface area contributed by atoms with Crippen LogP contribution in [-0.4, -0.2) is 13.4 Å². The van der Waals surface area contributed by atoms with Gasteiger partial charge in [0.25, 0.3) is 0 Å². The topological polar surface area (TPSA) is 59.1 Å². The van der Waals surface area contributed by atoms with E-state index >= 15 is 0 Å². The van der Waals surface area contributed by atoms with Crippen LogP contribution in [0.2, 0.25) is 0 Å². The van der Waals surface area contributed by atoms with Crippen molar-refractivity contribution in [1.29, 1.82) is 0 Å². The summed E-state index contributed by atoms with van der Waals surface area (Å²) in [7, 11) is -3.62. The fraction of sp³-hybridized carbons (Fsp3) is 0.250. The molecule has 6 heteroatoms. The van der Waals surface area contributed by atoms with Crippen LogP contribution >= 0.6 is 11.3 Å². The molecule has 0 atom stereocenters. The normalized spacial score (nSPS) is 11.7. The number of pyridine rings is 1. The van der Waals surface area contributed by atoms with E-state index in [1.165, 1.54) is 0 Å². The second kappa shape index (κ2) is 7.31. The van der Waals surface area contributed by atoms with Crippen molar-refractivity contribution in [2.45, 2.75) is 39.1 Å². The van der Waals surface area contributed by atoms with E-state index < -0.39 is 10.0 Å². The molecule has 0 spiro atoms. The van der Waals surface area contributed by atoms with Crippen LogP contribution in [0.1, 0.15) is 27.8 Å². The van der Waals surface area contributed by atoms with Gasteiger partial charge in [-0.25, -0.2) is 13.1 Å². The van der Waals surface area contributed by atoms with Gasteiger partial charge in [-0.15, -0.1) is 11.3 Å². The largest absolute Gasteiger partial charge is 0.255 e. The highest BCUT2D eigenvalue weighted by atomic mass is 32.2. The third-order valence-electron chi connectivity index (χ3n) is 4.66. The van der Waals surface area contributed by atoms with Gasteiger partial charge in [0.15, 0.2) is 0 Å². The maximum absolute atomic E-state index is 13.0. The second-order valence-corrected chi connectivity index (χ2v) is 9.05. The van der Waals surface area contributed by atoms with Crippen LogP contribution in [0.4, 0.5) is 0 Å². The summed E-state index contributed by atoms with van der Waals surface area (Å²) < 4.78 is 28.8. The molecule has 0 saturated carbocycles. The third-order valence-corrected chi connectivity index (χ3v) is 7.22. The molecular weight excluding hydrogens is 364 g/mol. The molecular formula is C20H22N2O2S2. The molecule has 1 aromatic carbocycles. The fourth-order valence-electron chi connectivity index (χ4n) is 3.05. The van der Waals surface area contributed by atoms with E-state index in [0.29, 0.717) is 4.90 Å². The molecule has 4 nitrogen and oxygen atoms in total. The molecule has 1 N–H and O–H groups in total. The summed E-state index contributed by atoms with van der Waals surface area (Å²) in [5.41, 5.74) is 5.23. The number of sulfonamides is 1. The first-order chi connectivity index (χ1) is 12.3. The van der Waals surface area contributed by atoms with E-state index in [2.05, 4.69) is 9.71 Å². The lowest BCUT2D eigenvalue weighted by molar-refractivity contribution is 0.579. The van der Waals surface area contributed by atoms with Crippen molar-refractivity contribution in [3.05, 3.63) is 69.7 Å². The molecule has 2 aromatic heterocycles. The van der Waals surface area contributed by atoms with Crippen LogP contribution in [0.15, 0.2) is 46.8 Å². The average molecular weight is 387 g/mol. The highest BCUT2D eigenvalue weighted by Crippen LogP contribution is 2.28. The van der Waals surface area contributed by atoms with Gasteiger partial charge in [0, 0.05) is 12.7 Å². The first-order valence-electron chi connectivity index (χ1n) is 8.36. The smallest absolute Gasteiger partial charge is 0.241 e. The van der Waals surface area contributed by atoms with Crippen LogP contribution < -0.4 is 4.72 Å². The number of rotatable bonds is 5. The summed E-state index contributed by atoms with van der Waals surface area (Å²) in [6.07, 6.45) is 1.73. The van der Waals surface area contributed by atoms with Gasteiger partial charge >= 0.3 is 0 Å². The molecule has 0 aliphatic rings. The Kier molecular flexibility index (Phi) is 5.27. The maximum atomic E-state index is 13.0. The Morgan fingerprint density at radius 1 is 1.04 bits per heavy atom. The number of nitrogens with one attached hydrogen (secondary N) is 1. The van der Waals surface area contributed by atoms with Crippen molar-refractivity contribution < 1.29 is 8.42 Å². The van der Waals surface area contributed by atoms with E-state index in [1.54, 1.807) is 17.5 Å². The van der Waals surface area contributed by atoms with E-state index in [9.17, 15) is 8.42 Å². The van der Waals surface area contributed by atoms with Gasteiger partial charge < -0.3 is 0 Å². The summed E-state index contributed by atoms with van der Waals surface area (Å²) in [6, 6.07) is 9.72. The Hall–Kier alpha value is -2.02. The van der Waals surface area contributed by atoms with Gasteiger partial charge in [-0.3, -0.25) is 4.98 Å². The predicted molar refractivity (Wildman–Crippen MR) is 107 cm³/mol. The summed E-state index contributed by atoms with van der Waals surface area (Å²) in [5, 5.41) is 1.99. The number of aromatic nitrogens is 1. The van der Waals surface area contributed by atoms with Gasteiger partial charge in [0.2, 0.25) is 10.0 Å². The quantitative estimate of drug-likeness (QED) is 0.701. The minimum Gasteiger partial charge on any atom is -0.255 e. The van der Waals surface area contributed by atoms with Crippen LogP contribution in [0.3, 0.4) is 0 Å². The van der Waals surface area contributed by atoms with E-state index in [0.717, 1.165) is 38.4 Å². The standard InChI is InChI=1S/C20H22N2O2S2/c1-13-11-14(2)16(4)20(15(13)3)26(23,24)22-12-17-7-5-9-21-19(17)18-8-6-10-25-18/h5-11,22H,12H2,1-4H3. The Bertz CT molecular complexity index is 1010. The number of nitrogens with zero attached hydrogens (tertiary/aromatic N) is 1. The van der Waals surface area contributed by atoms with Crippen LogP contribution in [0.25, 0.3) is 10.6 Å². The van der Waals surface area contributed by atoms with Crippen LogP contribution in [-0.2, 0) is 16.6 Å². The molecule has 0 unspecified atom stereocenters. The van der Waals surface area contributed by atoms with Crippen LogP contribution in [0.5, 0.6) is 0 Å². The summed E-state index contributed by atoms with van der Waals surface area (Å²) >= 11 is 1.59. The molecule has 136 valence electrons. The minimum atomic E-state index is -3.62. The lowest BCUT2D eigenvalue weighted by Crippen LogP contribution is -2.25. The molecule has 0 amide bonds. The Morgan fingerprint density at radius 2 is 1.73 bits per heavy atom. The van der Waals surface area contributed by atoms with E-state index in [4.69, 9.17) is 0 Å². The van der Waals surface area contributed by atoms with Gasteiger partial charge in [0.05, 0.1) is 15.5 Å². The summed E-state index contributed by atoms with van der Waals surface area (Å²) in [5.74, 6) is 0. The maximum Gasteiger partial charge on any atom is 0.241 e. The number of hydrogen-bond donors (Lipinski definition) is 1. The van der Waals surface area contributed by atoms with E-state index in [-0.39, 0.29) is 6.54 Å². The highest BCUT2D eigenvalue weighted by Gasteiger charge is 2.22. The second-order valence-electron chi connectivity index (χ2n) is 6.40. The van der Waals surface area contributed by atoms with Crippen molar-refractivity contribution in [3.8, 4) is 10.6 Å². The van der Waals surface area contributed by atoms with Gasteiger partial charge in [-0.05, 0) is 73.0 Å². The fourth-order valence-corrected chi connectivity index (χ4v) is 5.42. The predicted octanol–water partition coefficient (Wildman–Crippen LogP) is 4.52. The van der Waals surface area contributed by atoms with Crippen molar-refractivity contribution in [1.82, 2.24) is 9.71 Å². The summed E-state index contributed by atoms with van der Waals surface area (Å²) in [6.45, 7) is 7.80. The molecule has 0 aliphatic carbocycles. The molecule has 3 aromatic rings. The lowest BCUT2D eigenvalue weighted by atomic mass is 10.0. The summed E-state index contributed by atoms with van der Waals surface area (Å²) in [4.78, 5) is 5.85. The number of aryl methyl sites for hydroxylation is 2. The third kappa shape index (κ3) is 3.58. The molecule has 2 heterocycles. The number of hydrogen-bond acceptors (Lipinski definition) is 4. The van der Waals surface area contributed by atoms with Gasteiger partial charge in [0.1, 0.15) is 0 Å². The van der Waals surface area contributed by atoms with Crippen molar-refractivity contribution in [2.24, 2.45) is 0 Å². The Labute approximate surface area is 159 Å². The molecule has 0 aliphatic heterocycles. The first-order valence-corrected chi connectivity index (χ1v) is 10.7.